The van der Waals surface area contributed by atoms with Crippen molar-refractivity contribution in [2.45, 2.75) is 39.8 Å². The van der Waals surface area contributed by atoms with Crippen LogP contribution in [0.25, 0.3) is 17.2 Å². The molecule has 1 aliphatic rings. The molecule has 5 rings (SSSR count). The van der Waals surface area contributed by atoms with Gasteiger partial charge in [0.15, 0.2) is 5.82 Å². The van der Waals surface area contributed by atoms with Crippen molar-refractivity contribution in [1.82, 2.24) is 34.4 Å². The van der Waals surface area contributed by atoms with Gasteiger partial charge in [0, 0.05) is 49.7 Å². The van der Waals surface area contributed by atoms with Crippen molar-refractivity contribution in [2.24, 2.45) is 0 Å². The van der Waals surface area contributed by atoms with Crippen LogP contribution in [0.3, 0.4) is 0 Å². The van der Waals surface area contributed by atoms with Crippen LogP contribution in [0, 0.1) is 13.8 Å². The zero-order chi connectivity index (χ0) is 22.4. The van der Waals surface area contributed by atoms with Gasteiger partial charge in [0.05, 0.1) is 18.4 Å². The van der Waals surface area contributed by atoms with Crippen LogP contribution in [0.5, 0.6) is 0 Å². The van der Waals surface area contributed by atoms with E-state index >= 15 is 0 Å². The Morgan fingerprint density at radius 2 is 1.97 bits per heavy atom. The van der Waals surface area contributed by atoms with Gasteiger partial charge >= 0.3 is 0 Å². The normalized spacial score (nSPS) is 19.0. The van der Waals surface area contributed by atoms with Gasteiger partial charge in [-0.25, -0.2) is 15.0 Å². The van der Waals surface area contributed by atoms with Crippen molar-refractivity contribution < 1.29 is 4.79 Å². The average molecular weight is 431 g/mol. The molecule has 0 saturated carbocycles. The second kappa shape index (κ2) is 7.74. The van der Waals surface area contributed by atoms with Gasteiger partial charge in [-0.2, -0.15) is 5.10 Å². The molecule has 0 bridgehead atoms. The van der Waals surface area contributed by atoms with Crippen molar-refractivity contribution in [3.63, 3.8) is 0 Å². The van der Waals surface area contributed by atoms with Gasteiger partial charge in [-0.3, -0.25) is 14.3 Å². The Bertz CT molecular complexity index is 1290. The van der Waals surface area contributed by atoms with E-state index in [9.17, 15) is 4.79 Å². The standard InChI is InChI=1S/C23H26N8O/c1-14-5-6-21-25-10-19(30(21)11-14)23-24-8-7-22(27-23)29-12-15(2)31(17(4)32)20(13-29)18-9-26-28-16(18)3/h5-11,15,20H,12-13H2,1-4H3,(H,26,28). The molecule has 0 spiro atoms. The Morgan fingerprint density at radius 3 is 2.72 bits per heavy atom. The van der Waals surface area contributed by atoms with E-state index in [0.717, 1.165) is 34.0 Å². The average Bonchev–Trinajstić information content (AvgIpc) is 3.38. The van der Waals surface area contributed by atoms with E-state index in [1.807, 2.05) is 59.9 Å². The maximum atomic E-state index is 12.5. The lowest BCUT2D eigenvalue weighted by Gasteiger charge is -2.45. The number of amides is 1. The number of aromatic amines is 1. The molecule has 0 aromatic carbocycles. The van der Waals surface area contributed by atoms with Crippen LogP contribution >= 0.6 is 0 Å². The Balaban J connectivity index is 1.52. The number of aromatic nitrogens is 6. The summed E-state index contributed by atoms with van der Waals surface area (Å²) in [6, 6.07) is 5.87. The quantitative estimate of drug-likeness (QED) is 0.537. The largest absolute Gasteiger partial charge is 0.352 e. The number of piperazine rings is 1. The molecule has 0 radical (unpaired) electrons. The lowest BCUT2D eigenvalue weighted by atomic mass is 9.99. The van der Waals surface area contributed by atoms with Crippen LogP contribution in [0.1, 0.15) is 36.7 Å². The van der Waals surface area contributed by atoms with E-state index in [4.69, 9.17) is 4.98 Å². The summed E-state index contributed by atoms with van der Waals surface area (Å²) in [4.78, 5) is 30.5. The van der Waals surface area contributed by atoms with Crippen molar-refractivity contribution >= 4 is 17.4 Å². The number of H-pyrrole nitrogens is 1. The predicted molar refractivity (Wildman–Crippen MR) is 121 cm³/mol. The topological polar surface area (TPSA) is 95.3 Å². The fourth-order valence-corrected chi connectivity index (χ4v) is 4.65. The van der Waals surface area contributed by atoms with Crippen LogP contribution in [-0.2, 0) is 4.79 Å². The number of fused-ring (bicyclic) bond motifs is 1. The highest BCUT2D eigenvalue weighted by molar-refractivity contribution is 5.75. The van der Waals surface area contributed by atoms with Gasteiger partial charge in [0.2, 0.25) is 5.91 Å². The molecule has 0 aliphatic carbocycles. The Morgan fingerprint density at radius 1 is 1.12 bits per heavy atom. The minimum Gasteiger partial charge on any atom is -0.352 e. The number of aryl methyl sites for hydroxylation is 2. The second-order valence-corrected chi connectivity index (χ2v) is 8.46. The minimum absolute atomic E-state index is 0.0254. The first kappa shape index (κ1) is 20.2. The summed E-state index contributed by atoms with van der Waals surface area (Å²) < 4.78 is 2.02. The number of carbonyl (C=O) groups excluding carboxylic acids is 1. The van der Waals surface area contributed by atoms with E-state index in [1.165, 1.54) is 0 Å². The fraction of sp³-hybridized carbons (Fsp3) is 0.348. The van der Waals surface area contributed by atoms with Gasteiger partial charge in [-0.15, -0.1) is 0 Å². The maximum absolute atomic E-state index is 12.5. The molecule has 1 aliphatic heterocycles. The number of pyridine rings is 1. The lowest BCUT2D eigenvalue weighted by molar-refractivity contribution is -0.134. The van der Waals surface area contributed by atoms with Crippen LogP contribution in [-0.4, -0.2) is 59.5 Å². The molecule has 32 heavy (non-hydrogen) atoms. The van der Waals surface area contributed by atoms with E-state index in [0.29, 0.717) is 18.9 Å². The summed E-state index contributed by atoms with van der Waals surface area (Å²) in [6.07, 6.45) is 7.45. The third kappa shape index (κ3) is 3.39. The molecule has 1 saturated heterocycles. The number of carbonyl (C=O) groups is 1. The third-order valence-electron chi connectivity index (χ3n) is 6.13. The first-order valence-corrected chi connectivity index (χ1v) is 10.7. The number of rotatable bonds is 3. The monoisotopic (exact) mass is 430 g/mol. The van der Waals surface area contributed by atoms with Crippen LogP contribution < -0.4 is 4.90 Å². The SMILES string of the molecule is CC(=O)N1C(C)CN(c2ccnc(-c3cnc4ccc(C)cn34)n2)CC1c1cn[nH]c1C. The Labute approximate surface area is 186 Å². The number of imidazole rings is 1. The molecular formula is C23H26N8O. The van der Waals surface area contributed by atoms with Crippen LogP contribution in [0.2, 0.25) is 0 Å². The maximum Gasteiger partial charge on any atom is 0.220 e. The Kier molecular flexibility index (Phi) is 4.88. The zero-order valence-corrected chi connectivity index (χ0v) is 18.6. The third-order valence-corrected chi connectivity index (χ3v) is 6.13. The van der Waals surface area contributed by atoms with Gasteiger partial charge < -0.3 is 9.80 Å². The molecule has 164 valence electrons. The minimum atomic E-state index is -0.105. The number of nitrogens with zero attached hydrogens (tertiary/aromatic N) is 7. The predicted octanol–water partition coefficient (Wildman–Crippen LogP) is 2.93. The highest BCUT2D eigenvalue weighted by Gasteiger charge is 2.36. The first-order chi connectivity index (χ1) is 15.4. The number of hydrogen-bond acceptors (Lipinski definition) is 6. The zero-order valence-electron chi connectivity index (χ0n) is 18.6. The molecule has 9 heteroatoms. The summed E-state index contributed by atoms with van der Waals surface area (Å²) >= 11 is 0. The van der Waals surface area contributed by atoms with Gasteiger partial charge in [0.25, 0.3) is 0 Å². The van der Waals surface area contributed by atoms with Gasteiger partial charge in [-0.05, 0) is 38.5 Å². The highest BCUT2D eigenvalue weighted by atomic mass is 16.2. The lowest BCUT2D eigenvalue weighted by Crippen LogP contribution is -2.55. The molecule has 1 fully saturated rings. The molecule has 1 N–H and O–H groups in total. The number of hydrogen-bond donors (Lipinski definition) is 1. The number of anilines is 1. The van der Waals surface area contributed by atoms with Gasteiger partial charge in [-0.1, -0.05) is 6.07 Å². The fourth-order valence-electron chi connectivity index (χ4n) is 4.65. The second-order valence-electron chi connectivity index (χ2n) is 8.46. The summed E-state index contributed by atoms with van der Waals surface area (Å²) in [5.41, 5.74) is 4.85. The number of nitrogens with one attached hydrogen (secondary N) is 1. The molecular weight excluding hydrogens is 404 g/mol. The molecule has 4 aromatic rings. The van der Waals surface area contributed by atoms with E-state index < -0.39 is 0 Å². The Hall–Kier alpha value is -3.75. The van der Waals surface area contributed by atoms with Crippen molar-refractivity contribution in [3.05, 3.63) is 59.8 Å². The molecule has 9 nitrogen and oxygen atoms in total. The molecule has 4 aromatic heterocycles. The first-order valence-electron chi connectivity index (χ1n) is 10.7. The van der Waals surface area contributed by atoms with Crippen molar-refractivity contribution in [2.75, 3.05) is 18.0 Å². The summed E-state index contributed by atoms with van der Waals surface area (Å²) in [5, 5.41) is 7.18. The van der Waals surface area contributed by atoms with Crippen LogP contribution in [0.15, 0.2) is 43.0 Å². The molecule has 5 heterocycles. The van der Waals surface area contributed by atoms with E-state index in [1.54, 1.807) is 13.1 Å². The summed E-state index contributed by atoms with van der Waals surface area (Å²) in [5.74, 6) is 1.52. The van der Waals surface area contributed by atoms with Crippen molar-refractivity contribution in [1.29, 1.82) is 0 Å². The summed E-state index contributed by atoms with van der Waals surface area (Å²) in [6.45, 7) is 9.06. The smallest absolute Gasteiger partial charge is 0.220 e. The summed E-state index contributed by atoms with van der Waals surface area (Å²) in [7, 11) is 0. The molecule has 2 unspecified atom stereocenters. The van der Waals surface area contributed by atoms with E-state index in [2.05, 4.69) is 32.0 Å². The van der Waals surface area contributed by atoms with E-state index in [-0.39, 0.29) is 18.0 Å². The molecule has 1 amide bonds. The molecule has 2 atom stereocenters. The highest BCUT2D eigenvalue weighted by Crippen LogP contribution is 2.32. The van der Waals surface area contributed by atoms with Crippen LogP contribution in [0.4, 0.5) is 5.82 Å². The van der Waals surface area contributed by atoms with Crippen molar-refractivity contribution in [3.8, 4) is 11.5 Å². The van der Waals surface area contributed by atoms with Gasteiger partial charge in [0.1, 0.15) is 17.2 Å².